The van der Waals surface area contributed by atoms with Crippen LogP contribution in [-0.2, 0) is 0 Å². The van der Waals surface area contributed by atoms with Crippen molar-refractivity contribution in [2.75, 3.05) is 6.61 Å². The lowest BCUT2D eigenvalue weighted by Crippen LogP contribution is -2.29. The summed E-state index contributed by atoms with van der Waals surface area (Å²) in [7, 11) is 0. The van der Waals surface area contributed by atoms with Gasteiger partial charge in [0.2, 0.25) is 0 Å². The van der Waals surface area contributed by atoms with Gasteiger partial charge in [0.1, 0.15) is 6.33 Å². The van der Waals surface area contributed by atoms with Crippen molar-refractivity contribution in [1.29, 1.82) is 0 Å². The summed E-state index contributed by atoms with van der Waals surface area (Å²) in [5, 5.41) is 23.6. The largest absolute Gasteiger partial charge is 0.465 e. The van der Waals surface area contributed by atoms with Gasteiger partial charge < -0.3 is 15.5 Å². The monoisotopic (exact) mass is 332 g/mol. The standard InChI is InChI=1S/C12H11ClF2N4O3/c13-8-2-1-6(9(4-20)18-12(21)22)3-7(8)10-16-5-17-19(10)11(14)15/h1-3,5,9,11,18,20H,4H2,(H,21,22)/t9-/m1/s1. The van der Waals surface area contributed by atoms with Crippen LogP contribution in [0.1, 0.15) is 18.2 Å². The summed E-state index contributed by atoms with van der Waals surface area (Å²) in [5.74, 6) is -0.158. The van der Waals surface area contributed by atoms with Crippen LogP contribution >= 0.6 is 11.6 Å². The Morgan fingerprint density at radius 1 is 1.45 bits per heavy atom. The zero-order chi connectivity index (χ0) is 16.3. The van der Waals surface area contributed by atoms with Crippen LogP contribution in [0.5, 0.6) is 0 Å². The molecule has 0 aliphatic rings. The van der Waals surface area contributed by atoms with Crippen molar-refractivity contribution < 1.29 is 23.8 Å². The van der Waals surface area contributed by atoms with Gasteiger partial charge in [0.15, 0.2) is 5.82 Å². The van der Waals surface area contributed by atoms with E-state index in [9.17, 15) is 18.7 Å². The molecule has 1 heterocycles. The minimum absolute atomic E-state index is 0.144. The number of carbonyl (C=O) groups is 1. The molecule has 7 nitrogen and oxygen atoms in total. The maximum absolute atomic E-state index is 12.9. The molecule has 1 aromatic heterocycles. The van der Waals surface area contributed by atoms with Gasteiger partial charge in [-0.05, 0) is 17.7 Å². The summed E-state index contributed by atoms with van der Waals surface area (Å²) in [6.07, 6.45) is -0.366. The van der Waals surface area contributed by atoms with Crippen molar-refractivity contribution in [1.82, 2.24) is 20.1 Å². The van der Waals surface area contributed by atoms with Crippen LogP contribution in [0.25, 0.3) is 11.4 Å². The van der Waals surface area contributed by atoms with Gasteiger partial charge in [0.05, 0.1) is 17.7 Å². The maximum atomic E-state index is 12.9. The SMILES string of the molecule is O=C(O)N[C@H](CO)c1ccc(Cl)c(-c2ncnn2C(F)F)c1. The molecule has 0 saturated carbocycles. The van der Waals surface area contributed by atoms with E-state index in [0.29, 0.717) is 10.2 Å². The number of alkyl halides is 2. The number of aliphatic hydroxyl groups is 1. The van der Waals surface area contributed by atoms with Crippen molar-refractivity contribution in [2.45, 2.75) is 12.6 Å². The van der Waals surface area contributed by atoms with Gasteiger partial charge in [-0.25, -0.2) is 9.78 Å². The highest BCUT2D eigenvalue weighted by Gasteiger charge is 2.20. The van der Waals surface area contributed by atoms with Crippen molar-refractivity contribution in [3.05, 3.63) is 35.1 Å². The number of nitrogens with zero attached hydrogens (tertiary/aromatic N) is 3. The smallest absolute Gasteiger partial charge is 0.405 e. The van der Waals surface area contributed by atoms with Crippen LogP contribution in [0.3, 0.4) is 0 Å². The first-order chi connectivity index (χ1) is 10.4. The van der Waals surface area contributed by atoms with Gasteiger partial charge in [0, 0.05) is 5.56 Å². The predicted molar refractivity (Wildman–Crippen MR) is 72.7 cm³/mol. The normalized spacial score (nSPS) is 12.4. The van der Waals surface area contributed by atoms with Crippen molar-refractivity contribution in [2.24, 2.45) is 0 Å². The van der Waals surface area contributed by atoms with Crippen LogP contribution in [0.15, 0.2) is 24.5 Å². The Labute approximate surface area is 128 Å². The average molecular weight is 333 g/mol. The number of aromatic nitrogens is 3. The lowest BCUT2D eigenvalue weighted by molar-refractivity contribution is 0.0582. The molecular formula is C12H11ClF2N4O3. The fraction of sp³-hybridized carbons (Fsp3) is 0.250. The minimum atomic E-state index is -2.90. The summed E-state index contributed by atoms with van der Waals surface area (Å²) < 4.78 is 26.1. The second kappa shape index (κ2) is 6.67. The van der Waals surface area contributed by atoms with Crippen molar-refractivity contribution >= 4 is 17.7 Å². The summed E-state index contributed by atoms with van der Waals surface area (Å²) in [6, 6.07) is 3.34. The molecule has 3 N–H and O–H groups in total. The molecule has 0 aliphatic carbocycles. The van der Waals surface area contributed by atoms with Gasteiger partial charge >= 0.3 is 12.6 Å². The second-order valence-electron chi connectivity index (χ2n) is 4.23. The Bertz CT molecular complexity index is 680. The molecule has 0 saturated heterocycles. The van der Waals surface area contributed by atoms with E-state index in [1.54, 1.807) is 0 Å². The number of nitrogens with one attached hydrogen (secondary N) is 1. The summed E-state index contributed by atoms with van der Waals surface area (Å²) in [5.41, 5.74) is 0.510. The number of benzene rings is 1. The van der Waals surface area contributed by atoms with Crippen LogP contribution in [0.2, 0.25) is 5.02 Å². The third kappa shape index (κ3) is 3.31. The molecule has 1 amide bonds. The van der Waals surface area contributed by atoms with Crippen molar-refractivity contribution in [3.8, 4) is 11.4 Å². The highest BCUT2D eigenvalue weighted by Crippen LogP contribution is 2.31. The number of halogens is 3. The molecule has 0 bridgehead atoms. The summed E-state index contributed by atoms with van der Waals surface area (Å²) in [4.78, 5) is 14.4. The van der Waals surface area contributed by atoms with Crippen LogP contribution < -0.4 is 5.32 Å². The Hall–Kier alpha value is -2.26. The predicted octanol–water partition coefficient (Wildman–Crippen LogP) is 2.29. The molecule has 10 heteroatoms. The Balaban J connectivity index is 2.46. The highest BCUT2D eigenvalue weighted by atomic mass is 35.5. The van der Waals surface area contributed by atoms with Crippen molar-refractivity contribution in [3.63, 3.8) is 0 Å². The second-order valence-corrected chi connectivity index (χ2v) is 4.64. The van der Waals surface area contributed by atoms with E-state index in [1.807, 2.05) is 0 Å². The minimum Gasteiger partial charge on any atom is -0.465 e. The first-order valence-corrected chi connectivity index (χ1v) is 6.39. The third-order valence-electron chi connectivity index (χ3n) is 2.87. The van der Waals surface area contributed by atoms with Gasteiger partial charge in [-0.1, -0.05) is 17.7 Å². The highest BCUT2D eigenvalue weighted by molar-refractivity contribution is 6.33. The van der Waals surface area contributed by atoms with E-state index in [0.717, 1.165) is 6.33 Å². The molecule has 0 spiro atoms. The van der Waals surface area contributed by atoms with Crippen LogP contribution in [0, 0.1) is 0 Å². The number of carboxylic acid groups (broad SMARTS) is 1. The Morgan fingerprint density at radius 2 is 2.18 bits per heavy atom. The molecule has 0 radical (unpaired) electrons. The number of hydrogen-bond acceptors (Lipinski definition) is 4. The number of rotatable bonds is 5. The molecular weight excluding hydrogens is 322 g/mol. The number of amides is 1. The zero-order valence-corrected chi connectivity index (χ0v) is 11.7. The molecule has 1 atom stereocenters. The number of aliphatic hydroxyl groups excluding tert-OH is 1. The fourth-order valence-electron chi connectivity index (χ4n) is 1.90. The first-order valence-electron chi connectivity index (χ1n) is 6.01. The van der Waals surface area contributed by atoms with E-state index >= 15 is 0 Å². The lowest BCUT2D eigenvalue weighted by Gasteiger charge is -2.16. The molecule has 1 aromatic carbocycles. The fourth-order valence-corrected chi connectivity index (χ4v) is 2.10. The van der Waals surface area contributed by atoms with E-state index < -0.39 is 25.3 Å². The lowest BCUT2D eigenvalue weighted by atomic mass is 10.0. The Morgan fingerprint density at radius 3 is 2.77 bits per heavy atom. The van der Waals surface area contributed by atoms with E-state index in [4.69, 9.17) is 16.7 Å². The van der Waals surface area contributed by atoms with Gasteiger partial charge in [-0.2, -0.15) is 18.6 Å². The molecule has 0 aliphatic heterocycles. The summed E-state index contributed by atoms with van der Waals surface area (Å²) in [6.45, 7) is -3.41. The molecule has 118 valence electrons. The van der Waals surface area contributed by atoms with Crippen LogP contribution in [-0.4, -0.2) is 37.7 Å². The molecule has 2 aromatic rings. The van der Waals surface area contributed by atoms with E-state index in [1.165, 1.54) is 18.2 Å². The Kier molecular flexibility index (Phi) is 4.88. The van der Waals surface area contributed by atoms with Gasteiger partial charge in [0.25, 0.3) is 0 Å². The van der Waals surface area contributed by atoms with Gasteiger partial charge in [-0.15, -0.1) is 0 Å². The molecule has 0 fully saturated rings. The van der Waals surface area contributed by atoms with E-state index in [2.05, 4.69) is 15.4 Å². The topological polar surface area (TPSA) is 100 Å². The quantitative estimate of drug-likeness (QED) is 0.780. The van der Waals surface area contributed by atoms with Crippen LogP contribution in [0.4, 0.5) is 13.6 Å². The van der Waals surface area contributed by atoms with Gasteiger partial charge in [-0.3, -0.25) is 0 Å². The molecule has 22 heavy (non-hydrogen) atoms. The first kappa shape index (κ1) is 16.1. The third-order valence-corrected chi connectivity index (χ3v) is 3.20. The number of hydrogen-bond donors (Lipinski definition) is 3. The molecule has 2 rings (SSSR count). The molecule has 0 unspecified atom stereocenters. The summed E-state index contributed by atoms with van der Waals surface area (Å²) >= 11 is 5.99. The average Bonchev–Trinajstić information content (AvgIpc) is 2.94. The maximum Gasteiger partial charge on any atom is 0.405 e. The zero-order valence-electron chi connectivity index (χ0n) is 10.9. The van der Waals surface area contributed by atoms with E-state index in [-0.39, 0.29) is 16.4 Å².